The van der Waals surface area contributed by atoms with E-state index < -0.39 is 0 Å². The Morgan fingerprint density at radius 3 is 2.58 bits per heavy atom. The van der Waals surface area contributed by atoms with Crippen molar-refractivity contribution in [2.75, 3.05) is 0 Å². The van der Waals surface area contributed by atoms with Crippen LogP contribution in [0.15, 0.2) is 29.6 Å². The Labute approximate surface area is 118 Å². The quantitative estimate of drug-likeness (QED) is 0.820. The van der Waals surface area contributed by atoms with Crippen molar-refractivity contribution in [2.24, 2.45) is 0 Å². The van der Waals surface area contributed by atoms with Crippen LogP contribution >= 0.6 is 11.3 Å². The minimum Gasteiger partial charge on any atom is -0.349 e. The summed E-state index contributed by atoms with van der Waals surface area (Å²) in [6, 6.07) is 8.39. The molecule has 1 N–H and O–H groups in total. The van der Waals surface area contributed by atoms with Gasteiger partial charge in [0.15, 0.2) is 0 Å². The summed E-state index contributed by atoms with van der Waals surface area (Å²) in [5.74, 6) is 0.0735. The second-order valence-corrected chi connectivity index (χ2v) is 5.80. The Morgan fingerprint density at radius 1 is 1.21 bits per heavy atom. The number of carbonyl (C=O) groups is 1. The van der Waals surface area contributed by atoms with Crippen LogP contribution in [0.4, 0.5) is 0 Å². The standard InChI is InChI=1S/C16H21NOS/c1-3-7-12(8-4-2)17-16(18)14-11-19-15-10-6-5-9-13(14)15/h5-6,9-12H,3-4,7-8H2,1-2H3,(H,17,18). The number of nitrogens with one attached hydrogen (secondary N) is 1. The minimum absolute atomic E-state index is 0.0735. The summed E-state index contributed by atoms with van der Waals surface area (Å²) in [6.07, 6.45) is 4.33. The van der Waals surface area contributed by atoms with Gasteiger partial charge in [0.25, 0.3) is 5.91 Å². The fourth-order valence-corrected chi connectivity index (χ4v) is 3.34. The van der Waals surface area contributed by atoms with Crippen molar-refractivity contribution in [2.45, 2.75) is 45.6 Å². The van der Waals surface area contributed by atoms with Crippen LogP contribution in [-0.2, 0) is 0 Å². The van der Waals surface area contributed by atoms with Crippen LogP contribution < -0.4 is 5.32 Å². The summed E-state index contributed by atoms with van der Waals surface area (Å²) >= 11 is 1.64. The first-order valence-electron chi connectivity index (χ1n) is 7.03. The SMILES string of the molecule is CCCC(CCC)NC(=O)c1csc2ccccc12. The molecule has 1 amide bonds. The topological polar surface area (TPSA) is 29.1 Å². The molecule has 1 aromatic carbocycles. The first kappa shape index (κ1) is 14.1. The number of thiophene rings is 1. The predicted molar refractivity (Wildman–Crippen MR) is 82.9 cm³/mol. The molecule has 0 aliphatic heterocycles. The lowest BCUT2D eigenvalue weighted by Gasteiger charge is -2.17. The second-order valence-electron chi connectivity index (χ2n) is 4.89. The van der Waals surface area contributed by atoms with E-state index in [9.17, 15) is 4.79 Å². The fourth-order valence-electron chi connectivity index (χ4n) is 2.40. The number of amides is 1. The normalized spacial score (nSPS) is 11.1. The van der Waals surface area contributed by atoms with Crippen molar-refractivity contribution in [1.29, 1.82) is 0 Å². The van der Waals surface area contributed by atoms with E-state index in [0.29, 0.717) is 6.04 Å². The van der Waals surface area contributed by atoms with Crippen molar-refractivity contribution in [3.05, 3.63) is 35.2 Å². The van der Waals surface area contributed by atoms with Crippen molar-refractivity contribution in [3.63, 3.8) is 0 Å². The molecule has 2 aromatic rings. The molecule has 2 nitrogen and oxygen atoms in total. The zero-order valence-corrected chi connectivity index (χ0v) is 12.4. The van der Waals surface area contributed by atoms with Gasteiger partial charge < -0.3 is 5.32 Å². The zero-order chi connectivity index (χ0) is 13.7. The third-order valence-corrected chi connectivity index (χ3v) is 4.30. The molecule has 19 heavy (non-hydrogen) atoms. The highest BCUT2D eigenvalue weighted by Crippen LogP contribution is 2.25. The van der Waals surface area contributed by atoms with Gasteiger partial charge in [-0.05, 0) is 18.9 Å². The molecule has 0 bridgehead atoms. The molecule has 0 aliphatic carbocycles. The van der Waals surface area contributed by atoms with Gasteiger partial charge in [0.2, 0.25) is 0 Å². The maximum absolute atomic E-state index is 12.4. The fraction of sp³-hybridized carbons (Fsp3) is 0.438. The Kier molecular flexibility index (Phi) is 4.97. The molecule has 0 radical (unpaired) electrons. The first-order valence-corrected chi connectivity index (χ1v) is 7.91. The second kappa shape index (κ2) is 6.71. The van der Waals surface area contributed by atoms with E-state index in [2.05, 4.69) is 25.2 Å². The summed E-state index contributed by atoms with van der Waals surface area (Å²) in [6.45, 7) is 4.32. The average Bonchev–Trinajstić information content (AvgIpc) is 2.83. The summed E-state index contributed by atoms with van der Waals surface area (Å²) in [5.41, 5.74) is 0.817. The number of carbonyl (C=O) groups excluding carboxylic acids is 1. The van der Waals surface area contributed by atoms with E-state index in [-0.39, 0.29) is 5.91 Å². The Morgan fingerprint density at radius 2 is 1.89 bits per heavy atom. The molecule has 0 fully saturated rings. The van der Waals surface area contributed by atoms with Crippen molar-refractivity contribution >= 4 is 27.3 Å². The molecule has 0 spiro atoms. The van der Waals surface area contributed by atoms with E-state index in [1.54, 1.807) is 11.3 Å². The molecular formula is C16H21NOS. The Hall–Kier alpha value is -1.35. The highest BCUT2D eigenvalue weighted by atomic mass is 32.1. The summed E-state index contributed by atoms with van der Waals surface area (Å²) in [5, 5.41) is 6.21. The van der Waals surface area contributed by atoms with Gasteiger partial charge in [-0.3, -0.25) is 4.79 Å². The lowest BCUT2D eigenvalue weighted by molar-refractivity contribution is 0.0934. The van der Waals surface area contributed by atoms with E-state index in [1.165, 1.54) is 4.70 Å². The zero-order valence-electron chi connectivity index (χ0n) is 11.6. The third kappa shape index (κ3) is 3.35. The van der Waals surface area contributed by atoms with Crippen LogP contribution in [0.25, 0.3) is 10.1 Å². The van der Waals surface area contributed by atoms with Gasteiger partial charge >= 0.3 is 0 Å². The molecule has 2 rings (SSSR count). The van der Waals surface area contributed by atoms with Crippen LogP contribution in [0.2, 0.25) is 0 Å². The molecule has 0 saturated carbocycles. The van der Waals surface area contributed by atoms with Crippen LogP contribution in [0, 0.1) is 0 Å². The lowest BCUT2D eigenvalue weighted by Crippen LogP contribution is -2.34. The van der Waals surface area contributed by atoms with Crippen LogP contribution in [0.1, 0.15) is 49.9 Å². The largest absolute Gasteiger partial charge is 0.349 e. The van der Waals surface area contributed by atoms with Gasteiger partial charge in [-0.2, -0.15) is 0 Å². The molecule has 0 saturated heterocycles. The van der Waals surface area contributed by atoms with Gasteiger partial charge in [0.05, 0.1) is 5.56 Å². The van der Waals surface area contributed by atoms with Gasteiger partial charge in [0, 0.05) is 21.5 Å². The van der Waals surface area contributed by atoms with Crippen molar-refractivity contribution in [3.8, 4) is 0 Å². The van der Waals surface area contributed by atoms with E-state index in [4.69, 9.17) is 0 Å². The highest BCUT2D eigenvalue weighted by molar-refractivity contribution is 7.17. The number of rotatable bonds is 6. The molecule has 1 aromatic heterocycles. The van der Waals surface area contributed by atoms with Crippen LogP contribution in [0.5, 0.6) is 0 Å². The van der Waals surface area contributed by atoms with Gasteiger partial charge in [-0.1, -0.05) is 44.9 Å². The third-order valence-electron chi connectivity index (χ3n) is 3.34. The monoisotopic (exact) mass is 275 g/mol. The highest BCUT2D eigenvalue weighted by Gasteiger charge is 2.15. The van der Waals surface area contributed by atoms with Gasteiger partial charge in [0.1, 0.15) is 0 Å². The van der Waals surface area contributed by atoms with Crippen LogP contribution in [0.3, 0.4) is 0 Å². The summed E-state index contributed by atoms with van der Waals surface area (Å²) in [4.78, 5) is 12.4. The van der Waals surface area contributed by atoms with Gasteiger partial charge in [-0.25, -0.2) is 0 Å². The number of benzene rings is 1. The van der Waals surface area contributed by atoms with E-state index in [1.807, 2.05) is 23.6 Å². The van der Waals surface area contributed by atoms with Crippen LogP contribution in [-0.4, -0.2) is 11.9 Å². The average molecular weight is 275 g/mol. The molecule has 1 heterocycles. The maximum atomic E-state index is 12.4. The Balaban J connectivity index is 2.14. The number of hydrogen-bond donors (Lipinski definition) is 1. The van der Waals surface area contributed by atoms with Crippen molar-refractivity contribution < 1.29 is 4.79 Å². The van der Waals surface area contributed by atoms with Crippen molar-refractivity contribution in [1.82, 2.24) is 5.32 Å². The molecule has 0 atom stereocenters. The summed E-state index contributed by atoms with van der Waals surface area (Å²) < 4.78 is 1.18. The van der Waals surface area contributed by atoms with E-state index >= 15 is 0 Å². The molecule has 0 aliphatic rings. The molecule has 102 valence electrons. The minimum atomic E-state index is 0.0735. The number of fused-ring (bicyclic) bond motifs is 1. The molecular weight excluding hydrogens is 254 g/mol. The molecule has 0 unspecified atom stereocenters. The Bertz CT molecular complexity index is 540. The predicted octanol–water partition coefficient (Wildman–Crippen LogP) is 4.60. The first-order chi connectivity index (χ1) is 9.26. The van der Waals surface area contributed by atoms with Gasteiger partial charge in [-0.15, -0.1) is 11.3 Å². The summed E-state index contributed by atoms with van der Waals surface area (Å²) in [7, 11) is 0. The molecule has 3 heteroatoms. The lowest BCUT2D eigenvalue weighted by atomic mass is 10.1. The van der Waals surface area contributed by atoms with E-state index in [0.717, 1.165) is 36.6 Å². The smallest absolute Gasteiger partial charge is 0.252 e. The number of hydrogen-bond acceptors (Lipinski definition) is 2. The maximum Gasteiger partial charge on any atom is 0.252 e.